The summed E-state index contributed by atoms with van der Waals surface area (Å²) >= 11 is 0. The van der Waals surface area contributed by atoms with Crippen molar-refractivity contribution in [2.75, 3.05) is 0 Å². The summed E-state index contributed by atoms with van der Waals surface area (Å²) in [6.07, 6.45) is 1.93. The van der Waals surface area contributed by atoms with E-state index in [9.17, 15) is 0 Å². The van der Waals surface area contributed by atoms with Crippen molar-refractivity contribution < 1.29 is 0 Å². The molecule has 0 spiro atoms. The van der Waals surface area contributed by atoms with Gasteiger partial charge in [-0.1, -0.05) is 0 Å². The maximum absolute atomic E-state index is 3.00. The Hall–Kier alpha value is -0.635. The Labute approximate surface area is 43.4 Å². The van der Waals surface area contributed by atoms with Crippen molar-refractivity contribution in [3.63, 3.8) is 0 Å². The zero-order chi connectivity index (χ0) is 5.11. The lowest BCUT2D eigenvalue weighted by Crippen LogP contribution is -2.44. The zero-order valence-electron chi connectivity index (χ0n) is 4.28. The van der Waals surface area contributed by atoms with E-state index < -0.39 is 0 Å². The third kappa shape index (κ3) is 1.12. The minimum absolute atomic E-state index is 0.803. The van der Waals surface area contributed by atoms with Gasteiger partial charge in [0.2, 0.25) is 0 Å². The van der Waals surface area contributed by atoms with Gasteiger partial charge in [-0.3, -0.25) is 5.34 Å². The predicted molar refractivity (Wildman–Crippen MR) is 30.3 cm³/mol. The molecule has 3 N–H and O–H groups in total. The minimum Gasteiger partial charge on any atom is -0.421 e. The highest BCUT2D eigenvalue weighted by Gasteiger charge is 1.92. The molecule has 0 aliphatic carbocycles. The molecule has 0 radical (unpaired) electrons. The molecule has 0 saturated carbocycles. The Morgan fingerprint density at radius 1 is 1.71 bits per heavy atom. The van der Waals surface area contributed by atoms with Gasteiger partial charge in [0.15, 0.2) is 0 Å². The average molecular weight is 96.9 g/mol. The second kappa shape index (κ2) is 1.88. The van der Waals surface area contributed by atoms with Crippen LogP contribution in [0.15, 0.2) is 11.9 Å². The maximum atomic E-state index is 3.00. The zero-order valence-corrected chi connectivity index (χ0v) is 4.28. The second-order valence-corrected chi connectivity index (χ2v) is 1.51. The Bertz CT molecular complexity index is 90.2. The fourth-order valence-corrected chi connectivity index (χ4v) is 0.475. The molecule has 1 rings (SSSR count). The standard InChI is InChI=1S/C3H8BN3/c1-3-2-5-4-7-6-3/h2,4-7H,1H3. The van der Waals surface area contributed by atoms with Crippen LogP contribution in [0.25, 0.3) is 0 Å². The maximum Gasteiger partial charge on any atom is 0.336 e. The molecule has 0 aromatic heterocycles. The largest absolute Gasteiger partial charge is 0.421 e. The lowest BCUT2D eigenvalue weighted by Gasteiger charge is -2.12. The molecule has 0 amide bonds. The van der Waals surface area contributed by atoms with E-state index in [-0.39, 0.29) is 0 Å². The van der Waals surface area contributed by atoms with Crippen molar-refractivity contribution in [3.05, 3.63) is 11.9 Å². The molecule has 7 heavy (non-hydrogen) atoms. The molecule has 0 atom stereocenters. The van der Waals surface area contributed by atoms with Crippen LogP contribution in [0.3, 0.4) is 0 Å². The molecular formula is C3H8BN3. The van der Waals surface area contributed by atoms with Gasteiger partial charge in [-0.05, 0) is 6.92 Å². The number of hydrogen-bond acceptors (Lipinski definition) is 3. The molecule has 3 nitrogen and oxygen atoms in total. The Kier molecular flexibility index (Phi) is 1.22. The van der Waals surface area contributed by atoms with E-state index in [1.54, 1.807) is 0 Å². The fourth-order valence-electron chi connectivity index (χ4n) is 0.475. The first kappa shape index (κ1) is 4.52. The first-order valence-electron chi connectivity index (χ1n) is 2.28. The lowest BCUT2D eigenvalue weighted by atomic mass is 10.2. The average Bonchev–Trinajstić information content (AvgIpc) is 1.69. The molecule has 0 unspecified atom stereocenters. The van der Waals surface area contributed by atoms with Gasteiger partial charge in [-0.2, -0.15) is 0 Å². The molecule has 0 aromatic carbocycles. The van der Waals surface area contributed by atoms with E-state index >= 15 is 0 Å². The molecule has 1 heterocycles. The number of hydrogen-bond donors (Lipinski definition) is 3. The summed E-state index contributed by atoms with van der Waals surface area (Å²) in [6.45, 7) is 1.99. The summed E-state index contributed by atoms with van der Waals surface area (Å²) in [5.74, 6) is 0. The Morgan fingerprint density at radius 3 is 2.86 bits per heavy atom. The van der Waals surface area contributed by atoms with Crippen LogP contribution in [-0.4, -0.2) is 7.55 Å². The number of hydrazine groups is 1. The predicted octanol–water partition coefficient (Wildman–Crippen LogP) is -1.19. The van der Waals surface area contributed by atoms with Gasteiger partial charge in [-0.15, -0.1) is 0 Å². The molecular weight excluding hydrogens is 88.9 g/mol. The monoisotopic (exact) mass is 97.1 g/mol. The number of rotatable bonds is 0. The fraction of sp³-hybridized carbons (Fsp3) is 0.333. The molecule has 0 fully saturated rings. The van der Waals surface area contributed by atoms with E-state index in [1.165, 1.54) is 0 Å². The highest BCUT2D eigenvalue weighted by atomic mass is 15.3. The van der Waals surface area contributed by atoms with Crippen molar-refractivity contribution in [2.24, 2.45) is 0 Å². The third-order valence-corrected chi connectivity index (χ3v) is 0.795. The lowest BCUT2D eigenvalue weighted by molar-refractivity contribution is 0.752. The SMILES string of the molecule is CC1=CNBNN1. The highest BCUT2D eigenvalue weighted by molar-refractivity contribution is 6.29. The normalized spacial score (nSPS) is 18.1. The summed E-state index contributed by atoms with van der Waals surface area (Å²) in [7, 11) is 0.803. The molecule has 0 saturated heterocycles. The van der Waals surface area contributed by atoms with Gasteiger partial charge in [0.1, 0.15) is 0 Å². The van der Waals surface area contributed by atoms with E-state index in [2.05, 4.69) is 16.0 Å². The first-order chi connectivity index (χ1) is 3.39. The van der Waals surface area contributed by atoms with Gasteiger partial charge in [0, 0.05) is 11.9 Å². The summed E-state index contributed by atoms with van der Waals surface area (Å²) in [4.78, 5) is 0. The topological polar surface area (TPSA) is 36.1 Å². The number of nitrogens with one attached hydrogen (secondary N) is 3. The van der Waals surface area contributed by atoms with Crippen LogP contribution in [0, 0.1) is 0 Å². The second-order valence-electron chi connectivity index (χ2n) is 1.51. The smallest absolute Gasteiger partial charge is 0.336 e. The van der Waals surface area contributed by atoms with Crippen LogP contribution >= 0.6 is 0 Å². The Balaban J connectivity index is 2.40. The summed E-state index contributed by atoms with van der Waals surface area (Å²) < 4.78 is 0. The van der Waals surface area contributed by atoms with Gasteiger partial charge in [0.05, 0.1) is 0 Å². The molecule has 4 heteroatoms. The number of allylic oxidation sites excluding steroid dienone is 1. The third-order valence-electron chi connectivity index (χ3n) is 0.795. The van der Waals surface area contributed by atoms with Crippen LogP contribution in [0.4, 0.5) is 0 Å². The van der Waals surface area contributed by atoms with Crippen LogP contribution in [-0.2, 0) is 0 Å². The van der Waals surface area contributed by atoms with Crippen LogP contribution in [0.5, 0.6) is 0 Å². The quantitative estimate of drug-likeness (QED) is 0.332. The minimum atomic E-state index is 0.803. The van der Waals surface area contributed by atoms with Gasteiger partial charge in [0.25, 0.3) is 0 Å². The van der Waals surface area contributed by atoms with Crippen LogP contribution < -0.4 is 16.0 Å². The molecule has 0 aromatic rings. The Morgan fingerprint density at radius 2 is 2.57 bits per heavy atom. The van der Waals surface area contributed by atoms with Gasteiger partial charge in [-0.25, -0.2) is 0 Å². The van der Waals surface area contributed by atoms with Gasteiger partial charge < -0.3 is 10.7 Å². The summed E-state index contributed by atoms with van der Waals surface area (Å²) in [5.41, 5.74) is 4.05. The van der Waals surface area contributed by atoms with E-state index in [0.717, 1.165) is 13.2 Å². The van der Waals surface area contributed by atoms with Gasteiger partial charge >= 0.3 is 7.55 Å². The van der Waals surface area contributed by atoms with Crippen molar-refractivity contribution in [1.29, 1.82) is 0 Å². The summed E-state index contributed by atoms with van der Waals surface area (Å²) in [5, 5.41) is 5.90. The van der Waals surface area contributed by atoms with E-state index in [0.29, 0.717) is 0 Å². The van der Waals surface area contributed by atoms with Crippen molar-refractivity contribution in [1.82, 2.24) is 16.0 Å². The van der Waals surface area contributed by atoms with Crippen LogP contribution in [0.1, 0.15) is 6.92 Å². The molecule has 0 bridgehead atoms. The first-order valence-corrected chi connectivity index (χ1v) is 2.28. The summed E-state index contributed by atoms with van der Waals surface area (Å²) in [6, 6.07) is 0. The van der Waals surface area contributed by atoms with E-state index in [1.807, 2.05) is 13.1 Å². The molecule has 1 aliphatic rings. The molecule has 38 valence electrons. The van der Waals surface area contributed by atoms with Crippen molar-refractivity contribution in [2.45, 2.75) is 6.92 Å². The van der Waals surface area contributed by atoms with Crippen molar-refractivity contribution in [3.8, 4) is 0 Å². The molecule has 1 aliphatic heterocycles. The van der Waals surface area contributed by atoms with E-state index in [4.69, 9.17) is 0 Å². The van der Waals surface area contributed by atoms with Crippen molar-refractivity contribution >= 4 is 7.55 Å². The highest BCUT2D eigenvalue weighted by Crippen LogP contribution is 1.80. The van der Waals surface area contributed by atoms with Crippen LogP contribution in [0.2, 0.25) is 0 Å².